The van der Waals surface area contributed by atoms with Gasteiger partial charge < -0.3 is 10.1 Å². The lowest BCUT2D eigenvalue weighted by atomic mass is 10.1. The highest BCUT2D eigenvalue weighted by Crippen LogP contribution is 2.29. The lowest BCUT2D eigenvalue weighted by molar-refractivity contribution is 0.101. The number of pyridine rings is 1. The van der Waals surface area contributed by atoms with Gasteiger partial charge in [0.15, 0.2) is 17.3 Å². The average Bonchev–Trinajstić information content (AvgIpc) is 2.75. The van der Waals surface area contributed by atoms with E-state index in [1.54, 1.807) is 54.6 Å². The molecule has 1 N–H and O–H groups in total. The van der Waals surface area contributed by atoms with Crippen LogP contribution in [0.4, 0.5) is 14.5 Å². The molecule has 0 aliphatic heterocycles. The van der Waals surface area contributed by atoms with Crippen LogP contribution in [-0.2, 0) is 0 Å². The smallest absolute Gasteiger partial charge is 0.261 e. The molecule has 1 amide bonds. The second kappa shape index (κ2) is 8.31. The molecule has 0 radical (unpaired) electrons. The first-order valence-electron chi connectivity index (χ1n) is 9.36. The van der Waals surface area contributed by atoms with Crippen LogP contribution in [0.5, 0.6) is 11.6 Å². The van der Waals surface area contributed by atoms with E-state index < -0.39 is 17.5 Å². The van der Waals surface area contributed by atoms with Gasteiger partial charge in [-0.2, -0.15) is 0 Å². The molecule has 0 fully saturated rings. The number of amides is 1. The summed E-state index contributed by atoms with van der Waals surface area (Å²) < 4.78 is 32.9. The highest BCUT2D eigenvalue weighted by atomic mass is 19.1. The van der Waals surface area contributed by atoms with E-state index in [4.69, 9.17) is 4.74 Å². The summed E-state index contributed by atoms with van der Waals surface area (Å²) in [4.78, 5) is 28.7. The van der Waals surface area contributed by atoms with Gasteiger partial charge in [-0.1, -0.05) is 18.2 Å². The summed E-state index contributed by atoms with van der Waals surface area (Å²) in [6.45, 7) is 1.45. The Hall–Kier alpha value is -4.13. The van der Waals surface area contributed by atoms with Crippen molar-refractivity contribution in [3.63, 3.8) is 0 Å². The Kier molecular flexibility index (Phi) is 5.41. The van der Waals surface area contributed by atoms with Crippen LogP contribution < -0.4 is 10.1 Å². The van der Waals surface area contributed by atoms with Crippen LogP contribution in [0, 0.1) is 11.6 Å². The fraction of sp³-hybridized carbons (Fsp3) is 0.0417. The maximum Gasteiger partial charge on any atom is 0.261 e. The number of carbonyl (C=O) groups is 2. The fourth-order valence-corrected chi connectivity index (χ4v) is 2.99. The Balaban J connectivity index is 1.71. The van der Waals surface area contributed by atoms with Crippen molar-refractivity contribution in [2.75, 3.05) is 5.32 Å². The second-order valence-corrected chi connectivity index (χ2v) is 6.80. The van der Waals surface area contributed by atoms with Crippen molar-refractivity contribution in [1.82, 2.24) is 4.98 Å². The van der Waals surface area contributed by atoms with E-state index in [0.29, 0.717) is 28.2 Å². The van der Waals surface area contributed by atoms with Gasteiger partial charge in [0.05, 0.1) is 5.52 Å². The zero-order valence-corrected chi connectivity index (χ0v) is 16.4. The Labute approximate surface area is 176 Å². The summed E-state index contributed by atoms with van der Waals surface area (Å²) in [5, 5.41) is 3.40. The largest absolute Gasteiger partial charge is 0.435 e. The molecule has 0 unspecified atom stereocenters. The number of fused-ring (bicyclic) bond motifs is 1. The predicted molar refractivity (Wildman–Crippen MR) is 113 cm³/mol. The minimum atomic E-state index is -0.916. The topological polar surface area (TPSA) is 68.3 Å². The molecule has 1 heterocycles. The quantitative estimate of drug-likeness (QED) is 0.419. The summed E-state index contributed by atoms with van der Waals surface area (Å²) in [6.07, 6.45) is 0. The molecule has 0 saturated carbocycles. The van der Waals surface area contributed by atoms with Crippen molar-refractivity contribution in [3.05, 3.63) is 95.6 Å². The number of Topliss-reactive ketones (excluding diaryl/α,β-unsaturated/α-hetero) is 1. The number of halogens is 2. The number of hydrogen-bond acceptors (Lipinski definition) is 4. The summed E-state index contributed by atoms with van der Waals surface area (Å²) in [6, 6.07) is 17.9. The maximum atomic E-state index is 14.1. The SMILES string of the molecule is CC(=O)c1ccc(NC(=O)c2cc3ccccc3nc2Oc2ccc(F)cc2F)cc1. The summed E-state index contributed by atoms with van der Waals surface area (Å²) in [7, 11) is 0. The zero-order valence-electron chi connectivity index (χ0n) is 16.4. The molecule has 4 rings (SSSR count). The number of nitrogens with zero attached hydrogens (tertiary/aromatic N) is 1. The molecule has 7 heteroatoms. The Morgan fingerprint density at radius 1 is 0.935 bits per heavy atom. The molecule has 4 aromatic rings. The highest BCUT2D eigenvalue weighted by Gasteiger charge is 2.18. The van der Waals surface area contributed by atoms with Crippen LogP contribution in [-0.4, -0.2) is 16.7 Å². The first-order chi connectivity index (χ1) is 14.9. The molecule has 1 aromatic heterocycles. The lowest BCUT2D eigenvalue weighted by Crippen LogP contribution is -2.14. The van der Waals surface area contributed by atoms with Crippen molar-refractivity contribution < 1.29 is 23.1 Å². The molecule has 3 aromatic carbocycles. The number of anilines is 1. The lowest BCUT2D eigenvalue weighted by Gasteiger charge is -2.13. The van der Waals surface area contributed by atoms with Crippen molar-refractivity contribution in [3.8, 4) is 11.6 Å². The molecule has 154 valence electrons. The van der Waals surface area contributed by atoms with Gasteiger partial charge in [-0.05, 0) is 55.5 Å². The third-order valence-corrected chi connectivity index (χ3v) is 4.58. The molecule has 5 nitrogen and oxygen atoms in total. The van der Waals surface area contributed by atoms with Gasteiger partial charge in [0.2, 0.25) is 5.88 Å². The second-order valence-electron chi connectivity index (χ2n) is 6.80. The number of benzene rings is 3. The van der Waals surface area contributed by atoms with Gasteiger partial charge in [-0.15, -0.1) is 0 Å². The van der Waals surface area contributed by atoms with E-state index in [2.05, 4.69) is 10.3 Å². The monoisotopic (exact) mass is 418 g/mol. The van der Waals surface area contributed by atoms with Gasteiger partial charge in [-0.25, -0.2) is 13.8 Å². The number of para-hydroxylation sites is 1. The molecule has 31 heavy (non-hydrogen) atoms. The molecule has 0 bridgehead atoms. The van der Waals surface area contributed by atoms with Gasteiger partial charge in [0, 0.05) is 22.7 Å². The number of rotatable bonds is 5. The minimum absolute atomic E-state index is 0.0677. The predicted octanol–water partition coefficient (Wildman–Crippen LogP) is 5.76. The Bertz CT molecular complexity index is 1300. The van der Waals surface area contributed by atoms with E-state index in [1.165, 1.54) is 6.92 Å². The number of aromatic nitrogens is 1. The number of nitrogens with one attached hydrogen (secondary N) is 1. The van der Waals surface area contributed by atoms with Crippen molar-refractivity contribution >= 4 is 28.3 Å². The molecule has 0 spiro atoms. The molecule has 0 saturated heterocycles. The van der Waals surface area contributed by atoms with Crippen LogP contribution >= 0.6 is 0 Å². The van der Waals surface area contributed by atoms with E-state index in [-0.39, 0.29) is 23.0 Å². The van der Waals surface area contributed by atoms with Crippen molar-refractivity contribution in [2.24, 2.45) is 0 Å². The van der Waals surface area contributed by atoms with Crippen LogP contribution in [0.3, 0.4) is 0 Å². The van der Waals surface area contributed by atoms with E-state index in [9.17, 15) is 18.4 Å². The van der Waals surface area contributed by atoms with Gasteiger partial charge in [0.25, 0.3) is 5.91 Å². The standard InChI is InChI=1S/C24H16F2N2O3/c1-14(29)15-6-9-18(10-7-15)27-23(30)19-12-16-4-2-3-5-21(16)28-24(19)31-22-11-8-17(25)13-20(22)26/h2-13H,1H3,(H,27,30). The fourth-order valence-electron chi connectivity index (χ4n) is 2.99. The van der Waals surface area contributed by atoms with Crippen LogP contribution in [0.15, 0.2) is 72.8 Å². The van der Waals surface area contributed by atoms with Gasteiger partial charge in [-0.3, -0.25) is 9.59 Å². The van der Waals surface area contributed by atoms with Crippen molar-refractivity contribution in [1.29, 1.82) is 0 Å². The minimum Gasteiger partial charge on any atom is -0.435 e. The van der Waals surface area contributed by atoms with E-state index in [1.807, 2.05) is 0 Å². The summed E-state index contributed by atoms with van der Waals surface area (Å²) in [5.74, 6) is -2.67. The molecular formula is C24H16F2N2O3. The van der Waals surface area contributed by atoms with Crippen LogP contribution in [0.2, 0.25) is 0 Å². The number of hydrogen-bond donors (Lipinski definition) is 1. The number of ether oxygens (including phenoxy) is 1. The third kappa shape index (κ3) is 4.40. The maximum absolute atomic E-state index is 14.1. The van der Waals surface area contributed by atoms with Gasteiger partial charge in [0.1, 0.15) is 11.4 Å². The Morgan fingerprint density at radius 3 is 2.39 bits per heavy atom. The normalized spacial score (nSPS) is 10.7. The van der Waals surface area contributed by atoms with Crippen LogP contribution in [0.1, 0.15) is 27.6 Å². The first-order valence-corrected chi connectivity index (χ1v) is 9.36. The average molecular weight is 418 g/mol. The summed E-state index contributed by atoms with van der Waals surface area (Å²) >= 11 is 0. The Morgan fingerprint density at radius 2 is 1.68 bits per heavy atom. The van der Waals surface area contributed by atoms with Crippen molar-refractivity contribution in [2.45, 2.75) is 6.92 Å². The van der Waals surface area contributed by atoms with Gasteiger partial charge >= 0.3 is 0 Å². The molecule has 0 aliphatic carbocycles. The molecule has 0 atom stereocenters. The zero-order chi connectivity index (χ0) is 22.0. The first kappa shape index (κ1) is 20.2. The van der Waals surface area contributed by atoms with E-state index >= 15 is 0 Å². The molecular weight excluding hydrogens is 402 g/mol. The van der Waals surface area contributed by atoms with E-state index in [0.717, 1.165) is 12.1 Å². The number of ketones is 1. The number of carbonyl (C=O) groups excluding carboxylic acids is 2. The van der Waals surface area contributed by atoms with Crippen LogP contribution in [0.25, 0.3) is 10.9 Å². The highest BCUT2D eigenvalue weighted by molar-refractivity contribution is 6.08. The summed E-state index contributed by atoms with van der Waals surface area (Å²) in [5.41, 5.74) is 1.59. The molecule has 0 aliphatic rings. The third-order valence-electron chi connectivity index (χ3n) is 4.58.